The number of anilines is 2. The van der Waals surface area contributed by atoms with Crippen molar-refractivity contribution in [3.63, 3.8) is 0 Å². The van der Waals surface area contributed by atoms with Gasteiger partial charge in [-0.1, -0.05) is 35.1 Å². The molecule has 1 N–H and O–H groups in total. The second kappa shape index (κ2) is 10.5. The number of para-hydroxylation sites is 1. The molecule has 3 rings (SSSR count). The third-order valence-electron chi connectivity index (χ3n) is 4.72. The summed E-state index contributed by atoms with van der Waals surface area (Å²) >= 11 is 1.43. The monoisotopic (exact) mass is 467 g/mol. The predicted molar refractivity (Wildman–Crippen MR) is 133 cm³/mol. The number of nitrogens with zero attached hydrogens (tertiary/aromatic N) is 2. The maximum absolute atomic E-state index is 13.1. The topological polar surface area (TPSA) is 80.8 Å². The maximum Gasteiger partial charge on any atom is 0.349 e. The molecular formula is C25H29N3O4S. The van der Waals surface area contributed by atoms with Gasteiger partial charge in [0.1, 0.15) is 5.75 Å². The Morgan fingerprint density at radius 3 is 2.45 bits per heavy atom. The molecule has 0 atom stereocenters. The summed E-state index contributed by atoms with van der Waals surface area (Å²) in [6.07, 6.45) is 1.98. The van der Waals surface area contributed by atoms with Crippen molar-refractivity contribution in [1.29, 1.82) is 0 Å². The number of benzene rings is 2. The van der Waals surface area contributed by atoms with Gasteiger partial charge in [-0.3, -0.25) is 10.2 Å². The number of hydrogen-bond acceptors (Lipinski definition) is 6. The van der Waals surface area contributed by atoms with Crippen LogP contribution >= 0.6 is 11.3 Å². The van der Waals surface area contributed by atoms with Crippen molar-refractivity contribution in [2.45, 2.75) is 40.2 Å². The lowest BCUT2D eigenvalue weighted by molar-refractivity contribution is -0.158. The first kappa shape index (κ1) is 24.3. The molecule has 0 aliphatic carbocycles. The van der Waals surface area contributed by atoms with Crippen LogP contribution in [0.5, 0.6) is 5.75 Å². The summed E-state index contributed by atoms with van der Waals surface area (Å²) in [5.74, 6) is 0.0695. The molecule has 8 heteroatoms. The van der Waals surface area contributed by atoms with E-state index in [1.807, 2.05) is 44.2 Å². The minimum Gasteiger partial charge on any atom is -0.476 e. The van der Waals surface area contributed by atoms with Gasteiger partial charge in [-0.05, 0) is 71.0 Å². The van der Waals surface area contributed by atoms with Gasteiger partial charge in [-0.15, -0.1) is 0 Å². The molecule has 2 aromatic carbocycles. The quantitative estimate of drug-likeness (QED) is 0.324. The van der Waals surface area contributed by atoms with Crippen molar-refractivity contribution in [3.05, 3.63) is 60.2 Å². The highest BCUT2D eigenvalue weighted by molar-refractivity contribution is 7.22. The number of carbonyl (C=O) groups is 2. The van der Waals surface area contributed by atoms with Crippen molar-refractivity contribution in [3.8, 4) is 5.75 Å². The third-order valence-corrected chi connectivity index (χ3v) is 5.68. The molecule has 1 heterocycles. The van der Waals surface area contributed by atoms with Gasteiger partial charge in [-0.2, -0.15) is 0 Å². The number of urea groups is 1. The molecule has 174 valence electrons. The highest BCUT2D eigenvalue weighted by Crippen LogP contribution is 2.27. The number of amides is 2. The Labute approximate surface area is 198 Å². The average Bonchev–Trinajstić information content (AvgIpc) is 3.17. The van der Waals surface area contributed by atoms with E-state index in [1.54, 1.807) is 49.9 Å². The fraction of sp³-hybridized carbons (Fsp3) is 0.320. The van der Waals surface area contributed by atoms with Crippen molar-refractivity contribution < 1.29 is 19.1 Å². The number of allylic oxidation sites excluding steroid dienone is 1. The minimum atomic E-state index is -1.12. The Kier molecular flexibility index (Phi) is 7.71. The van der Waals surface area contributed by atoms with Gasteiger partial charge in [0.25, 0.3) is 0 Å². The summed E-state index contributed by atoms with van der Waals surface area (Å²) in [7, 11) is 0. The molecule has 1 aromatic heterocycles. The number of carbonyl (C=O) groups excluding carboxylic acids is 2. The first-order valence-electron chi connectivity index (χ1n) is 10.7. The second-order valence-corrected chi connectivity index (χ2v) is 9.17. The van der Waals surface area contributed by atoms with Gasteiger partial charge in [0.2, 0.25) is 0 Å². The molecule has 2 amide bonds. The van der Waals surface area contributed by atoms with E-state index < -0.39 is 11.6 Å². The molecule has 0 spiro atoms. The van der Waals surface area contributed by atoms with Gasteiger partial charge in [0.05, 0.1) is 16.8 Å². The van der Waals surface area contributed by atoms with Crippen molar-refractivity contribution in [2.24, 2.45) is 0 Å². The van der Waals surface area contributed by atoms with E-state index in [2.05, 4.69) is 10.3 Å². The molecular weight excluding hydrogens is 438 g/mol. The zero-order valence-corrected chi connectivity index (χ0v) is 20.4. The zero-order chi connectivity index (χ0) is 24.0. The summed E-state index contributed by atoms with van der Waals surface area (Å²) < 4.78 is 11.9. The molecule has 0 aliphatic rings. The normalized spacial score (nSPS) is 11.1. The Morgan fingerprint density at radius 2 is 1.82 bits per heavy atom. The maximum atomic E-state index is 13.1. The standard InChI is InChI=1S/C25H29N3O4S/c1-6-31-22(29)25(4,5)32-19-13-11-18(12-14-19)28(16-15-17(2)3)24(30)27-23-26-20-9-7-8-10-21(20)33-23/h7-15H,6,16H2,1-5H3,(H,26,27,30). The number of thiazole rings is 1. The molecule has 0 saturated heterocycles. The van der Waals surface area contributed by atoms with Crippen LogP contribution in [0.2, 0.25) is 0 Å². The fourth-order valence-electron chi connectivity index (χ4n) is 3.00. The Hall–Kier alpha value is -3.39. The summed E-state index contributed by atoms with van der Waals surface area (Å²) in [6.45, 7) is 9.72. The largest absolute Gasteiger partial charge is 0.476 e. The lowest BCUT2D eigenvalue weighted by atomic mass is 10.1. The smallest absolute Gasteiger partial charge is 0.349 e. The van der Waals surface area contributed by atoms with E-state index in [0.717, 1.165) is 15.8 Å². The molecule has 0 saturated carbocycles. The second-order valence-electron chi connectivity index (χ2n) is 8.14. The lowest BCUT2D eigenvalue weighted by Crippen LogP contribution is -2.39. The lowest BCUT2D eigenvalue weighted by Gasteiger charge is -2.25. The van der Waals surface area contributed by atoms with Gasteiger partial charge >= 0.3 is 12.0 Å². The predicted octanol–water partition coefficient (Wildman–Crippen LogP) is 6.02. The Balaban J connectivity index is 1.79. The van der Waals surface area contributed by atoms with E-state index in [1.165, 1.54) is 11.3 Å². The molecule has 0 radical (unpaired) electrons. The van der Waals surface area contributed by atoms with Crippen molar-refractivity contribution in [2.75, 3.05) is 23.4 Å². The number of fused-ring (bicyclic) bond motifs is 1. The average molecular weight is 468 g/mol. The van der Waals surface area contributed by atoms with Crippen LogP contribution < -0.4 is 15.0 Å². The van der Waals surface area contributed by atoms with Crippen LogP contribution in [0, 0.1) is 0 Å². The Bertz CT molecular complexity index is 1110. The first-order valence-corrected chi connectivity index (χ1v) is 11.5. The molecule has 0 fully saturated rings. The van der Waals surface area contributed by atoms with Crippen LogP contribution in [0.3, 0.4) is 0 Å². The summed E-state index contributed by atoms with van der Waals surface area (Å²) in [5, 5.41) is 3.45. The van der Waals surface area contributed by atoms with E-state index in [4.69, 9.17) is 9.47 Å². The first-order chi connectivity index (χ1) is 15.7. The third kappa shape index (κ3) is 6.32. The number of nitrogens with one attached hydrogen (secondary N) is 1. The van der Waals surface area contributed by atoms with Gasteiger partial charge in [-0.25, -0.2) is 14.6 Å². The molecule has 0 aliphatic heterocycles. The van der Waals surface area contributed by atoms with E-state index in [0.29, 0.717) is 23.1 Å². The van der Waals surface area contributed by atoms with Crippen LogP contribution in [0.25, 0.3) is 10.2 Å². The molecule has 0 unspecified atom stereocenters. The Morgan fingerprint density at radius 1 is 1.12 bits per heavy atom. The SMILES string of the molecule is CCOC(=O)C(C)(C)Oc1ccc(N(CC=C(C)C)C(=O)Nc2nc3ccccc3s2)cc1. The van der Waals surface area contributed by atoms with Crippen LogP contribution in [0.15, 0.2) is 60.2 Å². The van der Waals surface area contributed by atoms with Crippen molar-refractivity contribution in [1.82, 2.24) is 4.98 Å². The molecule has 3 aromatic rings. The number of aromatic nitrogens is 1. The molecule has 33 heavy (non-hydrogen) atoms. The van der Waals surface area contributed by atoms with Crippen molar-refractivity contribution >= 4 is 44.4 Å². The fourth-order valence-corrected chi connectivity index (χ4v) is 3.85. The van der Waals surface area contributed by atoms with Crippen LogP contribution in [-0.4, -0.2) is 35.7 Å². The van der Waals surface area contributed by atoms with E-state index in [9.17, 15) is 9.59 Å². The number of hydrogen-bond donors (Lipinski definition) is 1. The highest BCUT2D eigenvalue weighted by atomic mass is 32.1. The van der Waals surface area contributed by atoms with Crippen LogP contribution in [0.1, 0.15) is 34.6 Å². The molecule has 7 nitrogen and oxygen atoms in total. The number of esters is 1. The van der Waals surface area contributed by atoms with Gasteiger partial charge in [0, 0.05) is 12.2 Å². The van der Waals surface area contributed by atoms with E-state index >= 15 is 0 Å². The minimum absolute atomic E-state index is 0.285. The summed E-state index contributed by atoms with van der Waals surface area (Å²) in [4.78, 5) is 31.4. The molecule has 0 bridgehead atoms. The van der Waals surface area contributed by atoms with Gasteiger partial charge < -0.3 is 9.47 Å². The number of ether oxygens (including phenoxy) is 2. The van der Waals surface area contributed by atoms with Crippen LogP contribution in [-0.2, 0) is 9.53 Å². The summed E-state index contributed by atoms with van der Waals surface area (Å²) in [5.41, 5.74) is 1.51. The number of rotatable bonds is 8. The highest BCUT2D eigenvalue weighted by Gasteiger charge is 2.31. The van der Waals surface area contributed by atoms with Crippen LogP contribution in [0.4, 0.5) is 15.6 Å². The zero-order valence-electron chi connectivity index (χ0n) is 19.5. The summed E-state index contributed by atoms with van der Waals surface area (Å²) in [6, 6.07) is 14.5. The van der Waals surface area contributed by atoms with Gasteiger partial charge in [0.15, 0.2) is 10.7 Å². The van der Waals surface area contributed by atoms with E-state index in [-0.39, 0.29) is 12.6 Å².